The first-order chi connectivity index (χ1) is 17.9. The van der Waals surface area contributed by atoms with Crippen LogP contribution in [0, 0.1) is 0 Å². The second-order valence-electron chi connectivity index (χ2n) is 8.26. The summed E-state index contributed by atoms with van der Waals surface area (Å²) in [4.78, 5) is 28.4. The second-order valence-corrected chi connectivity index (χ2v) is 8.26. The fourth-order valence-electron chi connectivity index (χ4n) is 4.55. The van der Waals surface area contributed by atoms with Crippen molar-refractivity contribution in [2.75, 3.05) is 26.2 Å². The number of ketones is 1. The van der Waals surface area contributed by atoms with Crippen LogP contribution in [0.3, 0.4) is 0 Å². The number of anilines is 1. The van der Waals surface area contributed by atoms with Crippen LogP contribution in [0.2, 0.25) is 0 Å². The van der Waals surface area contributed by atoms with Crippen LogP contribution in [-0.4, -0.2) is 43.2 Å². The number of carbonyl (C=O) groups excluding carboxylic acids is 2. The average molecular weight is 501 g/mol. The standard InChI is InChI=1S/C28H23NO8/c1-34-21-13-16(14-22(35-2)27(21)36-3)24-23(25(31)20-12-15-8-4-7-11-19(15)37-20)26(32)28(33)29(24)17-9-5-6-10-18(17)30/h4-14,24,30,32H,1-3H3. The summed E-state index contributed by atoms with van der Waals surface area (Å²) in [5, 5.41) is 22.3. The predicted molar refractivity (Wildman–Crippen MR) is 135 cm³/mol. The molecule has 1 aliphatic heterocycles. The SMILES string of the molecule is COc1cc(C2C(C(=O)c3cc4ccccc4o3)=C(O)C(=O)N2c2ccccc2O)cc(OC)c1OC. The van der Waals surface area contributed by atoms with Crippen molar-refractivity contribution in [1.82, 2.24) is 0 Å². The third-order valence-corrected chi connectivity index (χ3v) is 6.25. The summed E-state index contributed by atoms with van der Waals surface area (Å²) < 4.78 is 22.1. The molecule has 1 aromatic heterocycles. The van der Waals surface area contributed by atoms with E-state index >= 15 is 0 Å². The van der Waals surface area contributed by atoms with Crippen LogP contribution in [0.25, 0.3) is 11.0 Å². The van der Waals surface area contributed by atoms with E-state index in [-0.39, 0.29) is 34.3 Å². The van der Waals surface area contributed by atoms with E-state index in [1.54, 1.807) is 54.6 Å². The molecule has 0 saturated heterocycles. The number of Topliss-reactive ketones (excluding diaryl/α,β-unsaturated/α-hetero) is 1. The van der Waals surface area contributed by atoms with Crippen LogP contribution < -0.4 is 19.1 Å². The second kappa shape index (κ2) is 9.27. The fourth-order valence-corrected chi connectivity index (χ4v) is 4.55. The number of aliphatic hydroxyl groups excluding tert-OH is 1. The van der Waals surface area contributed by atoms with Gasteiger partial charge in [-0.1, -0.05) is 30.3 Å². The predicted octanol–water partition coefficient (Wildman–Crippen LogP) is 4.95. The van der Waals surface area contributed by atoms with E-state index < -0.39 is 23.5 Å². The zero-order chi connectivity index (χ0) is 26.3. The molecule has 0 radical (unpaired) electrons. The summed E-state index contributed by atoms with van der Waals surface area (Å²) in [5.41, 5.74) is 0.735. The van der Waals surface area contributed by atoms with Crippen molar-refractivity contribution in [3.8, 4) is 23.0 Å². The number of phenolic OH excluding ortho intramolecular Hbond substituents is 1. The minimum atomic E-state index is -1.16. The molecular formula is C28H23NO8. The zero-order valence-corrected chi connectivity index (χ0v) is 20.2. The maximum atomic E-state index is 13.8. The Bertz CT molecular complexity index is 1510. The Kier molecular flexibility index (Phi) is 5.96. The number of fused-ring (bicyclic) bond motifs is 1. The van der Waals surface area contributed by atoms with Crippen molar-refractivity contribution in [2.45, 2.75) is 6.04 Å². The van der Waals surface area contributed by atoms with Crippen molar-refractivity contribution >= 4 is 28.3 Å². The number of hydrogen-bond acceptors (Lipinski definition) is 8. The molecule has 0 aliphatic carbocycles. The van der Waals surface area contributed by atoms with E-state index in [9.17, 15) is 19.8 Å². The fraction of sp³-hybridized carbons (Fsp3) is 0.143. The van der Waals surface area contributed by atoms with Gasteiger partial charge in [-0.25, -0.2) is 0 Å². The van der Waals surface area contributed by atoms with Crippen LogP contribution in [-0.2, 0) is 4.79 Å². The van der Waals surface area contributed by atoms with Gasteiger partial charge < -0.3 is 28.8 Å². The number of furan rings is 1. The van der Waals surface area contributed by atoms with Crippen LogP contribution in [0.15, 0.2) is 82.5 Å². The number of nitrogens with zero attached hydrogens (tertiary/aromatic N) is 1. The van der Waals surface area contributed by atoms with Crippen LogP contribution >= 0.6 is 0 Å². The van der Waals surface area contributed by atoms with Crippen LogP contribution in [0.5, 0.6) is 23.0 Å². The van der Waals surface area contributed by atoms with Crippen molar-refractivity contribution in [2.24, 2.45) is 0 Å². The van der Waals surface area contributed by atoms with Crippen molar-refractivity contribution < 1.29 is 38.4 Å². The first kappa shape index (κ1) is 23.8. The van der Waals surface area contributed by atoms with Crippen molar-refractivity contribution in [1.29, 1.82) is 0 Å². The topological polar surface area (TPSA) is 119 Å². The maximum Gasteiger partial charge on any atom is 0.294 e. The molecule has 0 fully saturated rings. The Hall–Kier alpha value is -4.92. The van der Waals surface area contributed by atoms with Crippen molar-refractivity contribution in [3.63, 3.8) is 0 Å². The molecular weight excluding hydrogens is 478 g/mol. The molecule has 4 aromatic rings. The van der Waals surface area contributed by atoms with Gasteiger partial charge in [0.2, 0.25) is 11.5 Å². The molecule has 0 saturated carbocycles. The smallest absolute Gasteiger partial charge is 0.294 e. The lowest BCUT2D eigenvalue weighted by Crippen LogP contribution is -2.31. The normalized spacial score (nSPS) is 15.4. The van der Waals surface area contributed by atoms with E-state index in [0.29, 0.717) is 22.3 Å². The van der Waals surface area contributed by atoms with Gasteiger partial charge in [-0.2, -0.15) is 0 Å². The number of aliphatic hydroxyl groups is 1. The minimum absolute atomic E-state index is 0.0490. The molecule has 37 heavy (non-hydrogen) atoms. The number of amides is 1. The quantitative estimate of drug-likeness (QED) is 0.342. The van der Waals surface area contributed by atoms with Crippen molar-refractivity contribution in [3.05, 3.63) is 89.4 Å². The number of para-hydroxylation sites is 3. The highest BCUT2D eigenvalue weighted by Crippen LogP contribution is 2.48. The Morgan fingerprint density at radius 2 is 1.54 bits per heavy atom. The lowest BCUT2D eigenvalue weighted by molar-refractivity contribution is -0.117. The average Bonchev–Trinajstić information content (AvgIpc) is 3.46. The molecule has 9 nitrogen and oxygen atoms in total. The number of benzene rings is 3. The van der Waals surface area contributed by atoms with E-state index in [1.165, 1.54) is 33.5 Å². The number of rotatable bonds is 7. The summed E-state index contributed by atoms with van der Waals surface area (Å²) in [6.45, 7) is 0. The summed E-state index contributed by atoms with van der Waals surface area (Å²) in [5.74, 6) is -1.69. The molecule has 1 unspecified atom stereocenters. The molecule has 1 amide bonds. The molecule has 2 N–H and O–H groups in total. The summed E-state index contributed by atoms with van der Waals surface area (Å²) in [6, 6.07) is 16.8. The minimum Gasteiger partial charge on any atom is -0.506 e. The number of phenols is 1. The van der Waals surface area contributed by atoms with E-state index in [2.05, 4.69) is 0 Å². The molecule has 0 spiro atoms. The maximum absolute atomic E-state index is 13.8. The van der Waals surface area contributed by atoms with Gasteiger partial charge in [0.1, 0.15) is 11.3 Å². The monoisotopic (exact) mass is 501 g/mol. The highest BCUT2D eigenvalue weighted by Gasteiger charge is 2.46. The number of hydrogen-bond donors (Lipinski definition) is 2. The summed E-state index contributed by atoms with van der Waals surface area (Å²) >= 11 is 0. The Balaban J connectivity index is 1.74. The summed E-state index contributed by atoms with van der Waals surface area (Å²) in [6.07, 6.45) is 0. The Morgan fingerprint density at radius 3 is 2.16 bits per heavy atom. The van der Waals surface area contributed by atoms with Gasteiger partial charge in [-0.15, -0.1) is 0 Å². The summed E-state index contributed by atoms with van der Waals surface area (Å²) in [7, 11) is 4.33. The van der Waals surface area contributed by atoms with Gasteiger partial charge in [0.15, 0.2) is 23.0 Å². The molecule has 9 heteroatoms. The lowest BCUT2D eigenvalue weighted by Gasteiger charge is -2.28. The third kappa shape index (κ3) is 3.81. The van der Waals surface area contributed by atoms with Gasteiger partial charge in [0, 0.05) is 5.39 Å². The van der Waals surface area contributed by atoms with E-state index in [4.69, 9.17) is 18.6 Å². The van der Waals surface area contributed by atoms with Crippen LogP contribution in [0.4, 0.5) is 5.69 Å². The van der Waals surface area contributed by atoms with Gasteiger partial charge >= 0.3 is 0 Å². The van der Waals surface area contributed by atoms with Gasteiger partial charge in [-0.3, -0.25) is 14.5 Å². The number of ether oxygens (including phenoxy) is 3. The highest BCUT2D eigenvalue weighted by molar-refractivity contribution is 6.21. The van der Waals surface area contributed by atoms with Gasteiger partial charge in [0.05, 0.1) is 38.6 Å². The number of methoxy groups -OCH3 is 3. The molecule has 5 rings (SSSR count). The van der Waals surface area contributed by atoms with E-state index in [0.717, 1.165) is 4.90 Å². The first-order valence-electron chi connectivity index (χ1n) is 11.3. The van der Waals surface area contributed by atoms with Gasteiger partial charge in [0.25, 0.3) is 5.91 Å². The first-order valence-corrected chi connectivity index (χ1v) is 11.3. The molecule has 0 bridgehead atoms. The molecule has 1 aliphatic rings. The molecule has 3 aromatic carbocycles. The molecule has 188 valence electrons. The van der Waals surface area contributed by atoms with E-state index in [1.807, 2.05) is 0 Å². The highest BCUT2D eigenvalue weighted by atomic mass is 16.5. The third-order valence-electron chi connectivity index (χ3n) is 6.25. The zero-order valence-electron chi connectivity index (χ0n) is 20.2. The lowest BCUT2D eigenvalue weighted by atomic mass is 9.94. The number of aromatic hydroxyl groups is 1. The Labute approximate surface area is 211 Å². The molecule has 2 heterocycles. The van der Waals surface area contributed by atoms with Crippen LogP contribution in [0.1, 0.15) is 22.2 Å². The largest absolute Gasteiger partial charge is 0.506 e. The van der Waals surface area contributed by atoms with Gasteiger partial charge in [-0.05, 0) is 42.0 Å². The molecule has 1 atom stereocenters. The Morgan fingerprint density at radius 1 is 0.892 bits per heavy atom. The number of carbonyl (C=O) groups is 2.